The highest BCUT2D eigenvalue weighted by atomic mass is 19.1. The Labute approximate surface area is 49.5 Å². The summed E-state index contributed by atoms with van der Waals surface area (Å²) in [7, 11) is 0. The molecule has 8 heavy (non-hydrogen) atoms. The van der Waals surface area contributed by atoms with Crippen molar-refractivity contribution in [2.24, 2.45) is 5.92 Å². The Morgan fingerprint density at radius 3 is 2.25 bits per heavy atom. The van der Waals surface area contributed by atoms with Gasteiger partial charge >= 0.3 is 0 Å². The highest BCUT2D eigenvalue weighted by Crippen LogP contribution is 2.09. The molecule has 0 amide bonds. The molecule has 0 spiro atoms. The lowest BCUT2D eigenvalue weighted by atomic mass is 10.0. The molecule has 0 aliphatic heterocycles. The van der Waals surface area contributed by atoms with Gasteiger partial charge in [0, 0.05) is 0 Å². The maximum Gasteiger partial charge on any atom is 0.126 e. The van der Waals surface area contributed by atoms with Crippen LogP contribution >= 0.6 is 0 Å². The molecule has 0 rings (SSSR count). The monoisotopic (exact) mass is 120 g/mol. The van der Waals surface area contributed by atoms with E-state index in [4.69, 9.17) is 5.11 Å². The van der Waals surface area contributed by atoms with Gasteiger partial charge in [0.05, 0.1) is 6.61 Å². The summed E-state index contributed by atoms with van der Waals surface area (Å²) in [6.07, 6.45) is -0.234. The number of aliphatic hydroxyl groups excluding tert-OH is 1. The summed E-state index contributed by atoms with van der Waals surface area (Å²) in [5.74, 6) is -0.000000000000000444. The Hall–Kier alpha value is -0.110. The van der Waals surface area contributed by atoms with E-state index in [1.165, 1.54) is 0 Å². The third-order valence-electron chi connectivity index (χ3n) is 1.44. The van der Waals surface area contributed by atoms with Crippen molar-refractivity contribution in [1.29, 1.82) is 0 Å². The summed E-state index contributed by atoms with van der Waals surface area (Å²) in [6.45, 7) is 3.36. The molecule has 50 valence electrons. The lowest BCUT2D eigenvalue weighted by Crippen LogP contribution is -2.15. The molecule has 0 unspecified atom stereocenters. The number of halogens is 1. The second-order valence-electron chi connectivity index (χ2n) is 2.08. The number of aliphatic hydroxyl groups is 1. The minimum absolute atomic E-state index is 0.000000000000000444. The van der Waals surface area contributed by atoms with Crippen molar-refractivity contribution in [2.45, 2.75) is 26.4 Å². The van der Waals surface area contributed by atoms with E-state index in [2.05, 4.69) is 0 Å². The molecular formula is C6H13FO. The second-order valence-corrected chi connectivity index (χ2v) is 2.08. The van der Waals surface area contributed by atoms with Crippen molar-refractivity contribution < 1.29 is 9.50 Å². The van der Waals surface area contributed by atoms with Crippen molar-refractivity contribution in [3.05, 3.63) is 0 Å². The van der Waals surface area contributed by atoms with Crippen LogP contribution in [0.3, 0.4) is 0 Å². The zero-order valence-corrected chi connectivity index (χ0v) is 5.39. The Morgan fingerprint density at radius 2 is 2.12 bits per heavy atom. The summed E-state index contributed by atoms with van der Waals surface area (Å²) >= 11 is 0. The zero-order valence-electron chi connectivity index (χ0n) is 5.39. The van der Waals surface area contributed by atoms with E-state index in [9.17, 15) is 4.39 Å². The SMILES string of the molecule is CC[C@@H](C)[C@@H](F)CO. The van der Waals surface area contributed by atoms with Crippen LogP contribution in [0.25, 0.3) is 0 Å². The van der Waals surface area contributed by atoms with Crippen LogP contribution in [0.5, 0.6) is 0 Å². The number of hydrogen-bond acceptors (Lipinski definition) is 1. The molecule has 0 saturated carbocycles. The predicted octanol–water partition coefficient (Wildman–Crippen LogP) is 1.36. The lowest BCUT2D eigenvalue weighted by Gasteiger charge is -2.10. The van der Waals surface area contributed by atoms with Gasteiger partial charge in [-0.05, 0) is 5.92 Å². The highest BCUT2D eigenvalue weighted by molar-refractivity contribution is 4.60. The van der Waals surface area contributed by atoms with Gasteiger partial charge < -0.3 is 5.11 Å². The third-order valence-corrected chi connectivity index (χ3v) is 1.44. The van der Waals surface area contributed by atoms with E-state index >= 15 is 0 Å². The number of rotatable bonds is 3. The molecule has 0 aromatic rings. The standard InChI is InChI=1S/C6H13FO/c1-3-5(2)6(7)4-8/h5-6,8H,3-4H2,1-2H3/t5-,6+/m1/s1. The molecule has 0 aliphatic carbocycles. The molecule has 0 saturated heterocycles. The van der Waals surface area contributed by atoms with Crippen molar-refractivity contribution in [1.82, 2.24) is 0 Å². The summed E-state index contributed by atoms with van der Waals surface area (Å²) in [5.41, 5.74) is 0. The molecule has 0 heterocycles. The predicted molar refractivity (Wildman–Crippen MR) is 31.4 cm³/mol. The van der Waals surface area contributed by atoms with E-state index < -0.39 is 6.17 Å². The summed E-state index contributed by atoms with van der Waals surface area (Å²) in [5, 5.41) is 8.26. The van der Waals surface area contributed by atoms with E-state index in [0.717, 1.165) is 6.42 Å². The van der Waals surface area contributed by atoms with Gasteiger partial charge in [-0.25, -0.2) is 4.39 Å². The molecule has 2 atom stereocenters. The smallest absolute Gasteiger partial charge is 0.126 e. The quantitative estimate of drug-likeness (QED) is 0.596. The lowest BCUT2D eigenvalue weighted by molar-refractivity contribution is 0.131. The van der Waals surface area contributed by atoms with Crippen LogP contribution in [0.1, 0.15) is 20.3 Å². The van der Waals surface area contributed by atoms with Gasteiger partial charge in [-0.1, -0.05) is 20.3 Å². The second kappa shape index (κ2) is 3.84. The first-order valence-electron chi connectivity index (χ1n) is 2.97. The Kier molecular flexibility index (Phi) is 3.79. The molecule has 0 aliphatic rings. The van der Waals surface area contributed by atoms with Gasteiger partial charge in [0.2, 0.25) is 0 Å². The van der Waals surface area contributed by atoms with Crippen molar-refractivity contribution >= 4 is 0 Å². The molecule has 0 fully saturated rings. The highest BCUT2D eigenvalue weighted by Gasteiger charge is 2.11. The molecule has 2 heteroatoms. The summed E-state index contributed by atoms with van der Waals surface area (Å²) in [4.78, 5) is 0. The molecular weight excluding hydrogens is 107 g/mol. The molecule has 0 aromatic carbocycles. The minimum Gasteiger partial charge on any atom is -0.393 e. The maximum absolute atomic E-state index is 12.3. The summed E-state index contributed by atoms with van der Waals surface area (Å²) in [6, 6.07) is 0. The van der Waals surface area contributed by atoms with Crippen LogP contribution in [-0.2, 0) is 0 Å². The molecule has 1 N–H and O–H groups in total. The Balaban J connectivity index is 3.29. The normalized spacial score (nSPS) is 18.0. The van der Waals surface area contributed by atoms with Gasteiger partial charge in [0.1, 0.15) is 6.17 Å². The average molecular weight is 120 g/mol. The third kappa shape index (κ3) is 2.26. The number of hydrogen-bond donors (Lipinski definition) is 1. The Morgan fingerprint density at radius 1 is 1.62 bits per heavy atom. The van der Waals surface area contributed by atoms with Crippen molar-refractivity contribution in [2.75, 3.05) is 6.61 Å². The topological polar surface area (TPSA) is 20.2 Å². The fraction of sp³-hybridized carbons (Fsp3) is 1.00. The number of alkyl halides is 1. The first-order valence-corrected chi connectivity index (χ1v) is 2.97. The van der Waals surface area contributed by atoms with Crippen LogP contribution in [0, 0.1) is 5.92 Å². The minimum atomic E-state index is -1.03. The van der Waals surface area contributed by atoms with Gasteiger partial charge in [0.15, 0.2) is 0 Å². The molecule has 0 bridgehead atoms. The van der Waals surface area contributed by atoms with Crippen LogP contribution in [0.4, 0.5) is 4.39 Å². The average Bonchev–Trinajstić information content (AvgIpc) is 1.84. The van der Waals surface area contributed by atoms with E-state index in [0.29, 0.717) is 0 Å². The van der Waals surface area contributed by atoms with Gasteiger partial charge in [0.25, 0.3) is 0 Å². The van der Waals surface area contributed by atoms with Crippen LogP contribution in [0.15, 0.2) is 0 Å². The maximum atomic E-state index is 12.3. The van der Waals surface area contributed by atoms with E-state index in [1.54, 1.807) is 6.92 Å². The van der Waals surface area contributed by atoms with Crippen molar-refractivity contribution in [3.63, 3.8) is 0 Å². The molecule has 0 aromatic heterocycles. The molecule has 1 nitrogen and oxygen atoms in total. The van der Waals surface area contributed by atoms with E-state index in [1.807, 2.05) is 6.92 Å². The zero-order chi connectivity index (χ0) is 6.57. The van der Waals surface area contributed by atoms with Gasteiger partial charge in [-0.15, -0.1) is 0 Å². The fourth-order valence-electron chi connectivity index (χ4n) is 0.436. The summed E-state index contributed by atoms with van der Waals surface area (Å²) < 4.78 is 12.3. The van der Waals surface area contributed by atoms with Crippen LogP contribution in [0.2, 0.25) is 0 Å². The largest absolute Gasteiger partial charge is 0.393 e. The van der Waals surface area contributed by atoms with E-state index in [-0.39, 0.29) is 12.5 Å². The first kappa shape index (κ1) is 7.89. The van der Waals surface area contributed by atoms with Gasteiger partial charge in [-0.3, -0.25) is 0 Å². The Bertz CT molecular complexity index is 48.5. The van der Waals surface area contributed by atoms with Crippen LogP contribution < -0.4 is 0 Å². The molecule has 0 radical (unpaired) electrons. The first-order chi connectivity index (χ1) is 3.72. The van der Waals surface area contributed by atoms with Crippen LogP contribution in [-0.4, -0.2) is 17.9 Å². The van der Waals surface area contributed by atoms with Crippen molar-refractivity contribution in [3.8, 4) is 0 Å². The fourth-order valence-corrected chi connectivity index (χ4v) is 0.436. The van der Waals surface area contributed by atoms with Gasteiger partial charge in [-0.2, -0.15) is 0 Å².